The number of aryl methyl sites for hydroxylation is 1. The minimum atomic E-state index is -0.174. The van der Waals surface area contributed by atoms with E-state index in [1.165, 1.54) is 28.7 Å². The minimum Gasteiger partial charge on any atom is -0.493 e. The highest BCUT2D eigenvalue weighted by Crippen LogP contribution is 2.28. The van der Waals surface area contributed by atoms with Gasteiger partial charge in [0.05, 0.1) is 18.2 Å². The van der Waals surface area contributed by atoms with Crippen molar-refractivity contribution in [2.24, 2.45) is 0 Å². The molecule has 0 spiro atoms. The number of unbranched alkanes of at least 4 members (excludes halogenated alkanes) is 3. The minimum absolute atomic E-state index is 0.174. The summed E-state index contributed by atoms with van der Waals surface area (Å²) in [5.41, 5.74) is 2.70. The number of thiazole rings is 1. The standard InChI is InChI=1S/C25H27N3O3S/c1-4-5-6-9-14-31-20-13-12-18(15-21(20)30-3)16-22-24(29)28-25(32-22)26-23(27-28)19-11-8-7-10-17(19)2/h7-8,10-13,15-16H,4-6,9,14H2,1-3H3. The van der Waals surface area contributed by atoms with E-state index in [-0.39, 0.29) is 5.56 Å². The Balaban J connectivity index is 1.58. The summed E-state index contributed by atoms with van der Waals surface area (Å²) in [5, 5.41) is 4.45. The van der Waals surface area contributed by atoms with Crippen LogP contribution in [0.1, 0.15) is 43.7 Å². The van der Waals surface area contributed by atoms with Crippen LogP contribution in [0.25, 0.3) is 22.4 Å². The van der Waals surface area contributed by atoms with Crippen molar-refractivity contribution in [2.45, 2.75) is 39.5 Å². The number of hydrogen-bond donors (Lipinski definition) is 0. The number of methoxy groups -OCH3 is 1. The Morgan fingerprint density at radius 1 is 1.09 bits per heavy atom. The van der Waals surface area contributed by atoms with Gasteiger partial charge in [0.1, 0.15) is 0 Å². The summed E-state index contributed by atoms with van der Waals surface area (Å²) in [5.74, 6) is 1.94. The first-order valence-electron chi connectivity index (χ1n) is 10.9. The SMILES string of the molecule is CCCCCCOc1ccc(C=c2sc3nc(-c4ccccc4C)nn3c2=O)cc1OC. The molecule has 0 unspecified atom stereocenters. The third-order valence-corrected chi connectivity index (χ3v) is 6.27. The van der Waals surface area contributed by atoms with Gasteiger partial charge in [-0.15, -0.1) is 5.10 Å². The molecule has 7 heteroatoms. The zero-order valence-corrected chi connectivity index (χ0v) is 19.4. The Hall–Kier alpha value is -3.19. The Morgan fingerprint density at radius 2 is 1.94 bits per heavy atom. The lowest BCUT2D eigenvalue weighted by Gasteiger charge is -2.11. The molecule has 0 atom stereocenters. The van der Waals surface area contributed by atoms with Crippen molar-refractivity contribution in [3.8, 4) is 22.9 Å². The van der Waals surface area contributed by atoms with Gasteiger partial charge in [-0.05, 0) is 42.7 Å². The van der Waals surface area contributed by atoms with E-state index in [9.17, 15) is 4.79 Å². The van der Waals surface area contributed by atoms with Gasteiger partial charge in [0.15, 0.2) is 17.3 Å². The number of nitrogens with zero attached hydrogens (tertiary/aromatic N) is 3. The maximum atomic E-state index is 12.9. The van der Waals surface area contributed by atoms with Gasteiger partial charge in [0.2, 0.25) is 4.96 Å². The van der Waals surface area contributed by atoms with Crippen LogP contribution in [0.5, 0.6) is 11.5 Å². The monoisotopic (exact) mass is 449 g/mol. The summed E-state index contributed by atoms with van der Waals surface area (Å²) >= 11 is 1.33. The van der Waals surface area contributed by atoms with E-state index in [1.807, 2.05) is 55.5 Å². The van der Waals surface area contributed by atoms with E-state index < -0.39 is 0 Å². The third kappa shape index (κ3) is 4.67. The molecular weight excluding hydrogens is 422 g/mol. The fourth-order valence-electron chi connectivity index (χ4n) is 3.53. The number of benzene rings is 2. The normalized spacial score (nSPS) is 11.9. The van der Waals surface area contributed by atoms with Crippen molar-refractivity contribution >= 4 is 22.4 Å². The zero-order valence-electron chi connectivity index (χ0n) is 18.6. The van der Waals surface area contributed by atoms with Crippen LogP contribution in [0.15, 0.2) is 47.3 Å². The third-order valence-electron chi connectivity index (χ3n) is 5.31. The summed E-state index contributed by atoms with van der Waals surface area (Å²) in [6.45, 7) is 4.87. The number of hydrogen-bond acceptors (Lipinski definition) is 6. The first kappa shape index (κ1) is 22.0. The Labute approximate surface area is 191 Å². The number of ether oxygens (including phenoxy) is 2. The lowest BCUT2D eigenvalue weighted by atomic mass is 10.1. The molecule has 166 valence electrons. The fourth-order valence-corrected chi connectivity index (χ4v) is 4.43. The fraction of sp³-hybridized carbons (Fsp3) is 0.320. The smallest absolute Gasteiger partial charge is 0.291 e. The quantitative estimate of drug-likeness (QED) is 0.348. The van der Waals surface area contributed by atoms with Crippen LogP contribution in [0.4, 0.5) is 0 Å². The molecule has 6 nitrogen and oxygen atoms in total. The molecule has 0 N–H and O–H groups in total. The Bertz CT molecular complexity index is 1330. The molecule has 2 heterocycles. The summed E-state index contributed by atoms with van der Waals surface area (Å²) < 4.78 is 13.3. The molecule has 0 amide bonds. The molecule has 32 heavy (non-hydrogen) atoms. The van der Waals surface area contributed by atoms with Crippen molar-refractivity contribution < 1.29 is 9.47 Å². The first-order chi connectivity index (χ1) is 15.6. The molecule has 0 radical (unpaired) electrons. The highest BCUT2D eigenvalue weighted by Gasteiger charge is 2.13. The average molecular weight is 450 g/mol. The van der Waals surface area contributed by atoms with Crippen LogP contribution < -0.4 is 19.6 Å². The van der Waals surface area contributed by atoms with Crippen LogP contribution in [0, 0.1) is 6.92 Å². The largest absolute Gasteiger partial charge is 0.493 e. The maximum Gasteiger partial charge on any atom is 0.291 e. The van der Waals surface area contributed by atoms with Gasteiger partial charge in [-0.25, -0.2) is 0 Å². The van der Waals surface area contributed by atoms with E-state index in [0.717, 1.165) is 29.5 Å². The topological polar surface area (TPSA) is 65.7 Å². The zero-order chi connectivity index (χ0) is 22.5. The molecule has 0 saturated heterocycles. The molecule has 0 saturated carbocycles. The van der Waals surface area contributed by atoms with Crippen LogP contribution in [0.2, 0.25) is 0 Å². The number of rotatable bonds is 9. The van der Waals surface area contributed by atoms with Crippen molar-refractivity contribution in [1.29, 1.82) is 0 Å². The second-order valence-corrected chi connectivity index (χ2v) is 8.69. The van der Waals surface area contributed by atoms with Crippen molar-refractivity contribution in [1.82, 2.24) is 14.6 Å². The molecular formula is C25H27N3O3S. The average Bonchev–Trinajstić information content (AvgIpc) is 3.33. The summed E-state index contributed by atoms with van der Waals surface area (Å²) in [6, 6.07) is 13.6. The van der Waals surface area contributed by atoms with Gasteiger partial charge in [-0.3, -0.25) is 4.79 Å². The molecule has 4 rings (SSSR count). The van der Waals surface area contributed by atoms with Gasteiger partial charge in [-0.1, -0.05) is 67.9 Å². The maximum absolute atomic E-state index is 12.9. The van der Waals surface area contributed by atoms with E-state index in [1.54, 1.807) is 7.11 Å². The molecule has 4 aromatic rings. The van der Waals surface area contributed by atoms with Crippen molar-refractivity contribution in [3.63, 3.8) is 0 Å². The van der Waals surface area contributed by atoms with Gasteiger partial charge < -0.3 is 9.47 Å². The predicted molar refractivity (Wildman–Crippen MR) is 129 cm³/mol. The van der Waals surface area contributed by atoms with Crippen LogP contribution in [-0.2, 0) is 0 Å². The summed E-state index contributed by atoms with van der Waals surface area (Å²) in [4.78, 5) is 18.1. The summed E-state index contributed by atoms with van der Waals surface area (Å²) in [6.07, 6.45) is 6.45. The highest BCUT2D eigenvalue weighted by molar-refractivity contribution is 7.15. The van der Waals surface area contributed by atoms with E-state index in [2.05, 4.69) is 17.0 Å². The van der Waals surface area contributed by atoms with E-state index >= 15 is 0 Å². The summed E-state index contributed by atoms with van der Waals surface area (Å²) in [7, 11) is 1.62. The molecule has 0 fully saturated rings. The molecule has 0 bridgehead atoms. The highest BCUT2D eigenvalue weighted by atomic mass is 32.1. The lowest BCUT2D eigenvalue weighted by molar-refractivity contribution is 0.285. The predicted octanol–water partition coefficient (Wildman–Crippen LogP) is 4.64. The van der Waals surface area contributed by atoms with Gasteiger partial charge in [-0.2, -0.15) is 9.50 Å². The van der Waals surface area contributed by atoms with Crippen LogP contribution in [0.3, 0.4) is 0 Å². The van der Waals surface area contributed by atoms with Crippen molar-refractivity contribution in [2.75, 3.05) is 13.7 Å². The van der Waals surface area contributed by atoms with Gasteiger partial charge >= 0.3 is 0 Å². The molecule has 0 aliphatic rings. The van der Waals surface area contributed by atoms with E-state index in [4.69, 9.17) is 9.47 Å². The second kappa shape index (κ2) is 9.96. The Kier molecular flexibility index (Phi) is 6.85. The van der Waals surface area contributed by atoms with Gasteiger partial charge in [0.25, 0.3) is 5.56 Å². The van der Waals surface area contributed by atoms with E-state index in [0.29, 0.717) is 33.4 Å². The number of aromatic nitrogens is 3. The number of fused-ring (bicyclic) bond motifs is 1. The van der Waals surface area contributed by atoms with Crippen LogP contribution >= 0.6 is 11.3 Å². The second-order valence-electron chi connectivity index (χ2n) is 7.68. The molecule has 0 aliphatic heterocycles. The molecule has 2 aromatic heterocycles. The molecule has 0 aliphatic carbocycles. The Morgan fingerprint density at radius 3 is 2.69 bits per heavy atom. The first-order valence-corrected chi connectivity index (χ1v) is 11.7. The lowest BCUT2D eigenvalue weighted by Crippen LogP contribution is -2.23. The van der Waals surface area contributed by atoms with Gasteiger partial charge in [0, 0.05) is 5.56 Å². The molecule has 2 aromatic carbocycles. The van der Waals surface area contributed by atoms with Crippen LogP contribution in [-0.4, -0.2) is 28.3 Å². The van der Waals surface area contributed by atoms with Crippen molar-refractivity contribution in [3.05, 3.63) is 68.5 Å².